The zero-order chi connectivity index (χ0) is 23.4. The lowest BCUT2D eigenvalue weighted by Gasteiger charge is -2.32. The van der Waals surface area contributed by atoms with E-state index >= 15 is 0 Å². The van der Waals surface area contributed by atoms with E-state index in [0.717, 1.165) is 37.4 Å². The molecular formula is C24H29N3O4S2. The second kappa shape index (κ2) is 10.3. The molecular weight excluding hydrogens is 458 g/mol. The van der Waals surface area contributed by atoms with Crippen molar-refractivity contribution in [3.05, 3.63) is 54.1 Å². The number of benzene rings is 2. The van der Waals surface area contributed by atoms with Crippen LogP contribution in [0.5, 0.6) is 0 Å². The average molecular weight is 488 g/mol. The van der Waals surface area contributed by atoms with E-state index in [1.165, 1.54) is 23.4 Å². The Kier molecular flexibility index (Phi) is 7.41. The highest BCUT2D eigenvalue weighted by molar-refractivity contribution is 8.01. The lowest BCUT2D eigenvalue weighted by Crippen LogP contribution is -2.44. The Balaban J connectivity index is 1.25. The zero-order valence-electron chi connectivity index (χ0n) is 18.6. The molecule has 0 aromatic heterocycles. The lowest BCUT2D eigenvalue weighted by atomic mass is 10.0. The van der Waals surface area contributed by atoms with Crippen LogP contribution in [0.25, 0.3) is 0 Å². The second-order valence-electron chi connectivity index (χ2n) is 8.58. The highest BCUT2D eigenvalue weighted by Crippen LogP contribution is 2.36. The summed E-state index contributed by atoms with van der Waals surface area (Å²) in [5, 5.41) is 5.54. The molecule has 2 aliphatic heterocycles. The van der Waals surface area contributed by atoms with Crippen LogP contribution >= 0.6 is 11.8 Å². The summed E-state index contributed by atoms with van der Waals surface area (Å²) in [6.45, 7) is 4.50. The molecule has 2 aliphatic rings. The smallest absolute Gasteiger partial charge is 0.237 e. The molecule has 1 atom stereocenters. The third-order valence-electron chi connectivity index (χ3n) is 6.04. The summed E-state index contributed by atoms with van der Waals surface area (Å²) in [4.78, 5) is 27.7. The standard InChI is InChI=1S/C24H29N3O4S2/c1-17-24(29)26-21-15-20(7-8-22(21)32-17)33(30,31)14-11-23(28)25-19-9-12-27(13-10-19)16-18-5-3-2-4-6-18/h2-8,15,17,19H,9-14,16H2,1H3,(H,25,28)(H,26,29)/t17-/m0/s1. The van der Waals surface area contributed by atoms with Crippen molar-refractivity contribution < 1.29 is 18.0 Å². The third-order valence-corrected chi connectivity index (χ3v) is 8.93. The SMILES string of the molecule is C[C@@H]1Sc2ccc(S(=O)(=O)CCC(=O)NC3CCN(Cc4ccccc4)CC3)cc2NC1=O. The number of carbonyl (C=O) groups is 2. The first-order valence-electron chi connectivity index (χ1n) is 11.2. The summed E-state index contributed by atoms with van der Waals surface area (Å²) >= 11 is 1.40. The Morgan fingerprint density at radius 2 is 1.88 bits per heavy atom. The summed E-state index contributed by atoms with van der Waals surface area (Å²) in [7, 11) is -3.63. The highest BCUT2D eigenvalue weighted by atomic mass is 32.2. The fraction of sp³-hybridized carbons (Fsp3) is 0.417. The van der Waals surface area contributed by atoms with Gasteiger partial charge in [-0.25, -0.2) is 8.42 Å². The van der Waals surface area contributed by atoms with E-state index in [2.05, 4.69) is 27.7 Å². The van der Waals surface area contributed by atoms with Crippen molar-refractivity contribution in [1.29, 1.82) is 0 Å². The lowest BCUT2D eigenvalue weighted by molar-refractivity contribution is -0.121. The maximum Gasteiger partial charge on any atom is 0.237 e. The molecule has 33 heavy (non-hydrogen) atoms. The molecule has 1 fully saturated rings. The molecule has 9 heteroatoms. The van der Waals surface area contributed by atoms with Crippen LogP contribution in [0.2, 0.25) is 0 Å². The first-order chi connectivity index (χ1) is 15.8. The molecule has 0 aliphatic carbocycles. The Morgan fingerprint density at radius 3 is 2.61 bits per heavy atom. The normalized spacial score (nSPS) is 19.5. The number of hydrogen-bond acceptors (Lipinski definition) is 6. The van der Waals surface area contributed by atoms with Crippen LogP contribution < -0.4 is 10.6 Å². The van der Waals surface area contributed by atoms with Crippen molar-refractivity contribution in [2.75, 3.05) is 24.2 Å². The fourth-order valence-corrected chi connectivity index (χ4v) is 6.30. The summed E-state index contributed by atoms with van der Waals surface area (Å²) in [5.41, 5.74) is 1.79. The number of nitrogens with one attached hydrogen (secondary N) is 2. The van der Waals surface area contributed by atoms with Gasteiger partial charge < -0.3 is 10.6 Å². The van der Waals surface area contributed by atoms with Crippen molar-refractivity contribution in [3.8, 4) is 0 Å². The van der Waals surface area contributed by atoms with Gasteiger partial charge in [-0.3, -0.25) is 14.5 Å². The van der Waals surface area contributed by atoms with Crippen LogP contribution in [-0.4, -0.2) is 55.3 Å². The number of sulfone groups is 1. The van der Waals surface area contributed by atoms with E-state index in [9.17, 15) is 18.0 Å². The number of anilines is 1. The zero-order valence-corrected chi connectivity index (χ0v) is 20.3. The minimum atomic E-state index is -3.63. The molecule has 0 radical (unpaired) electrons. The van der Waals surface area contributed by atoms with Crippen molar-refractivity contribution in [1.82, 2.24) is 10.2 Å². The van der Waals surface area contributed by atoms with Crippen molar-refractivity contribution >= 4 is 39.1 Å². The number of hydrogen-bond donors (Lipinski definition) is 2. The summed E-state index contributed by atoms with van der Waals surface area (Å²) in [6.07, 6.45) is 1.62. The van der Waals surface area contributed by atoms with Gasteiger partial charge in [-0.1, -0.05) is 30.3 Å². The maximum absolute atomic E-state index is 12.8. The quantitative estimate of drug-likeness (QED) is 0.623. The number of carbonyl (C=O) groups excluding carboxylic acids is 2. The van der Waals surface area contributed by atoms with Crippen molar-refractivity contribution in [3.63, 3.8) is 0 Å². The summed E-state index contributed by atoms with van der Waals surface area (Å²) < 4.78 is 25.5. The summed E-state index contributed by atoms with van der Waals surface area (Å²) in [6, 6.07) is 15.1. The minimum Gasteiger partial charge on any atom is -0.353 e. The largest absolute Gasteiger partial charge is 0.353 e. The van der Waals surface area contributed by atoms with E-state index in [4.69, 9.17) is 0 Å². The molecule has 176 valence electrons. The van der Waals surface area contributed by atoms with E-state index in [0.29, 0.717) is 5.69 Å². The molecule has 2 heterocycles. The number of amides is 2. The highest BCUT2D eigenvalue weighted by Gasteiger charge is 2.26. The van der Waals surface area contributed by atoms with Gasteiger partial charge >= 0.3 is 0 Å². The third kappa shape index (κ3) is 6.16. The number of likely N-dealkylation sites (tertiary alicyclic amines) is 1. The van der Waals surface area contributed by atoms with Gasteiger partial charge in [0.1, 0.15) is 0 Å². The topological polar surface area (TPSA) is 95.6 Å². The average Bonchev–Trinajstić information content (AvgIpc) is 2.80. The molecule has 2 amide bonds. The van der Waals surface area contributed by atoms with Crippen LogP contribution in [0.3, 0.4) is 0 Å². The second-order valence-corrected chi connectivity index (χ2v) is 12.1. The van der Waals surface area contributed by atoms with E-state index in [1.807, 2.05) is 18.2 Å². The van der Waals surface area contributed by atoms with Gasteiger partial charge in [0.2, 0.25) is 11.8 Å². The van der Waals surface area contributed by atoms with Crippen LogP contribution in [-0.2, 0) is 26.0 Å². The van der Waals surface area contributed by atoms with Gasteiger partial charge in [0.25, 0.3) is 0 Å². The molecule has 0 saturated carbocycles. The van der Waals surface area contributed by atoms with E-state index in [-0.39, 0.29) is 40.2 Å². The van der Waals surface area contributed by atoms with Gasteiger partial charge in [0, 0.05) is 37.0 Å². The number of thioether (sulfide) groups is 1. The van der Waals surface area contributed by atoms with Crippen LogP contribution in [0.1, 0.15) is 31.7 Å². The van der Waals surface area contributed by atoms with E-state index < -0.39 is 9.84 Å². The first-order valence-corrected chi connectivity index (χ1v) is 13.7. The molecule has 0 unspecified atom stereocenters. The molecule has 2 aromatic rings. The Bertz CT molecular complexity index is 1110. The van der Waals surface area contributed by atoms with Gasteiger partial charge in [0.15, 0.2) is 9.84 Å². The Morgan fingerprint density at radius 1 is 1.15 bits per heavy atom. The number of rotatable bonds is 7. The molecule has 2 aromatic carbocycles. The molecule has 4 rings (SSSR count). The first kappa shape index (κ1) is 23.8. The Labute approximate surface area is 199 Å². The van der Waals surface area contributed by atoms with E-state index in [1.54, 1.807) is 19.1 Å². The molecule has 0 spiro atoms. The summed E-state index contributed by atoms with van der Waals surface area (Å²) in [5.74, 6) is -0.644. The van der Waals surface area contributed by atoms with Crippen LogP contribution in [0.15, 0.2) is 58.3 Å². The molecule has 2 N–H and O–H groups in total. The van der Waals surface area contributed by atoms with Gasteiger partial charge in [-0.15, -0.1) is 11.8 Å². The number of piperidine rings is 1. The molecule has 7 nitrogen and oxygen atoms in total. The maximum atomic E-state index is 12.8. The molecule has 0 bridgehead atoms. The number of fused-ring (bicyclic) bond motifs is 1. The van der Waals surface area contributed by atoms with Gasteiger partial charge in [0.05, 0.1) is 21.6 Å². The van der Waals surface area contributed by atoms with Crippen LogP contribution in [0, 0.1) is 0 Å². The van der Waals surface area contributed by atoms with Crippen LogP contribution in [0.4, 0.5) is 5.69 Å². The number of nitrogens with zero attached hydrogens (tertiary/aromatic N) is 1. The predicted octanol–water partition coefficient (Wildman–Crippen LogP) is 3.06. The monoisotopic (exact) mass is 487 g/mol. The molecule has 1 saturated heterocycles. The Hall–Kier alpha value is -2.36. The van der Waals surface area contributed by atoms with Crippen molar-refractivity contribution in [2.45, 2.75) is 53.8 Å². The van der Waals surface area contributed by atoms with Gasteiger partial charge in [-0.05, 0) is 43.5 Å². The fourth-order valence-electron chi connectivity index (χ4n) is 4.10. The minimum absolute atomic E-state index is 0.0743. The van der Waals surface area contributed by atoms with Crippen molar-refractivity contribution in [2.24, 2.45) is 0 Å². The predicted molar refractivity (Wildman–Crippen MR) is 130 cm³/mol. The van der Waals surface area contributed by atoms with Gasteiger partial charge in [-0.2, -0.15) is 0 Å².